The van der Waals surface area contributed by atoms with Crippen molar-refractivity contribution in [3.8, 4) is 0 Å². The zero-order valence-corrected chi connectivity index (χ0v) is 13.8. The highest BCUT2D eigenvalue weighted by Gasteiger charge is 2.32. The molecule has 0 aromatic carbocycles. The van der Waals surface area contributed by atoms with E-state index in [-0.39, 0.29) is 16.3 Å². The van der Waals surface area contributed by atoms with Gasteiger partial charge in [-0.2, -0.15) is 4.31 Å². The summed E-state index contributed by atoms with van der Waals surface area (Å²) < 4.78 is 28.8. The minimum absolute atomic E-state index is 0.00935. The predicted octanol–water partition coefficient (Wildman–Crippen LogP) is 1.61. The van der Waals surface area contributed by atoms with Crippen LogP contribution in [0.4, 0.5) is 0 Å². The lowest BCUT2D eigenvalue weighted by Gasteiger charge is -2.26. The smallest absolute Gasteiger partial charge is 0.345 e. The topological polar surface area (TPSA) is 92.5 Å². The molecule has 0 radical (unpaired) electrons. The molecular formula is C11H10BrN3O4S2. The molecule has 0 aliphatic carbocycles. The number of fused-ring (bicyclic) bond motifs is 1. The molecule has 7 nitrogen and oxygen atoms in total. The zero-order chi connectivity index (χ0) is 15.2. The Morgan fingerprint density at radius 2 is 2.19 bits per heavy atom. The Morgan fingerprint density at radius 1 is 1.43 bits per heavy atom. The Hall–Kier alpha value is -1.23. The predicted molar refractivity (Wildman–Crippen MR) is 78.8 cm³/mol. The quantitative estimate of drug-likeness (QED) is 0.857. The summed E-state index contributed by atoms with van der Waals surface area (Å²) in [6, 6.07) is 1.19. The van der Waals surface area contributed by atoms with Crippen molar-refractivity contribution >= 4 is 43.3 Å². The van der Waals surface area contributed by atoms with E-state index in [2.05, 4.69) is 20.9 Å². The standard InChI is InChI=1S/C11H10BrN3O4S2/c12-10-8(5-7(20-10)11(16)17)21(18,19)15-4-3-14-2-1-13-9(14)6-15/h1-2,5H,3-4,6H2,(H,16,17). The molecule has 1 N–H and O–H groups in total. The van der Waals surface area contributed by atoms with Crippen molar-refractivity contribution < 1.29 is 18.3 Å². The molecule has 0 unspecified atom stereocenters. The number of rotatable bonds is 3. The van der Waals surface area contributed by atoms with Crippen molar-refractivity contribution in [2.75, 3.05) is 6.54 Å². The number of carboxylic acids is 1. The molecule has 0 spiro atoms. The van der Waals surface area contributed by atoms with Gasteiger partial charge in [0, 0.05) is 25.5 Å². The number of hydrogen-bond donors (Lipinski definition) is 1. The number of thiophene rings is 1. The summed E-state index contributed by atoms with van der Waals surface area (Å²) in [4.78, 5) is 15.1. The maximum Gasteiger partial charge on any atom is 0.345 e. The van der Waals surface area contributed by atoms with Gasteiger partial charge >= 0.3 is 5.97 Å². The van der Waals surface area contributed by atoms with Gasteiger partial charge in [-0.1, -0.05) is 0 Å². The van der Waals surface area contributed by atoms with Crippen LogP contribution in [0.3, 0.4) is 0 Å². The molecule has 0 saturated carbocycles. The molecule has 1 aliphatic heterocycles. The van der Waals surface area contributed by atoms with Gasteiger partial charge < -0.3 is 9.67 Å². The van der Waals surface area contributed by atoms with E-state index < -0.39 is 16.0 Å². The summed E-state index contributed by atoms with van der Waals surface area (Å²) in [7, 11) is -3.75. The van der Waals surface area contributed by atoms with Crippen LogP contribution in [0.5, 0.6) is 0 Å². The summed E-state index contributed by atoms with van der Waals surface area (Å²) in [5, 5.41) is 8.97. The third kappa shape index (κ3) is 2.52. The Morgan fingerprint density at radius 3 is 2.86 bits per heavy atom. The number of carbonyl (C=O) groups is 1. The van der Waals surface area contributed by atoms with Crippen molar-refractivity contribution in [1.82, 2.24) is 13.9 Å². The van der Waals surface area contributed by atoms with Gasteiger partial charge in [0.05, 0.1) is 10.3 Å². The first-order valence-corrected chi connectivity index (χ1v) is 8.97. The van der Waals surface area contributed by atoms with E-state index in [0.29, 0.717) is 22.7 Å². The maximum absolute atomic E-state index is 12.6. The number of carboxylic acid groups (broad SMARTS) is 1. The number of nitrogens with zero attached hydrogens (tertiary/aromatic N) is 3. The largest absolute Gasteiger partial charge is 0.477 e. The van der Waals surface area contributed by atoms with E-state index >= 15 is 0 Å². The van der Waals surface area contributed by atoms with E-state index in [0.717, 1.165) is 11.3 Å². The Bertz CT molecular complexity index is 811. The monoisotopic (exact) mass is 391 g/mol. The molecule has 21 heavy (non-hydrogen) atoms. The first-order chi connectivity index (χ1) is 9.89. The van der Waals surface area contributed by atoms with Gasteiger partial charge in [0.1, 0.15) is 15.6 Å². The van der Waals surface area contributed by atoms with Crippen LogP contribution in [0.1, 0.15) is 15.5 Å². The van der Waals surface area contributed by atoms with Crippen LogP contribution < -0.4 is 0 Å². The van der Waals surface area contributed by atoms with Crippen LogP contribution in [0.25, 0.3) is 0 Å². The van der Waals surface area contributed by atoms with Crippen molar-refractivity contribution in [2.45, 2.75) is 18.0 Å². The fourth-order valence-electron chi connectivity index (χ4n) is 2.13. The molecule has 0 saturated heterocycles. The van der Waals surface area contributed by atoms with E-state index in [9.17, 15) is 13.2 Å². The summed E-state index contributed by atoms with van der Waals surface area (Å²) >= 11 is 4.03. The Labute approximate surface area is 133 Å². The van der Waals surface area contributed by atoms with Crippen LogP contribution in [0, 0.1) is 0 Å². The van der Waals surface area contributed by atoms with Crippen LogP contribution in [-0.2, 0) is 23.1 Å². The van der Waals surface area contributed by atoms with Gasteiger partial charge in [-0.05, 0) is 22.0 Å². The molecule has 112 valence electrons. The molecule has 0 amide bonds. The summed E-state index contributed by atoms with van der Waals surface area (Å²) in [5.41, 5.74) is 0. The van der Waals surface area contributed by atoms with Gasteiger partial charge in [0.2, 0.25) is 10.0 Å². The highest BCUT2D eigenvalue weighted by Crippen LogP contribution is 2.34. The van der Waals surface area contributed by atoms with Crippen LogP contribution >= 0.6 is 27.3 Å². The van der Waals surface area contributed by atoms with Crippen LogP contribution in [0.2, 0.25) is 0 Å². The summed E-state index contributed by atoms with van der Waals surface area (Å²) in [5.74, 6) is -0.467. The fourth-order valence-corrected chi connectivity index (χ4v) is 5.87. The lowest BCUT2D eigenvalue weighted by molar-refractivity contribution is 0.0702. The molecule has 0 atom stereocenters. The maximum atomic E-state index is 12.6. The van der Waals surface area contributed by atoms with Crippen LogP contribution in [0.15, 0.2) is 27.1 Å². The van der Waals surface area contributed by atoms with Gasteiger partial charge in [-0.15, -0.1) is 11.3 Å². The summed E-state index contributed by atoms with van der Waals surface area (Å²) in [6.45, 7) is 1.04. The van der Waals surface area contributed by atoms with E-state index in [1.807, 2.05) is 10.8 Å². The number of aromatic nitrogens is 2. The fraction of sp³-hybridized carbons (Fsp3) is 0.273. The molecule has 2 aromatic heterocycles. The average molecular weight is 392 g/mol. The number of hydrogen-bond acceptors (Lipinski definition) is 5. The second-order valence-corrected chi connectivity index (χ2v) is 8.71. The second kappa shape index (κ2) is 5.20. The van der Waals surface area contributed by atoms with Gasteiger partial charge in [0.15, 0.2) is 0 Å². The highest BCUT2D eigenvalue weighted by molar-refractivity contribution is 9.11. The van der Waals surface area contributed by atoms with E-state index in [1.54, 1.807) is 6.20 Å². The number of imidazole rings is 1. The number of halogens is 1. The SMILES string of the molecule is O=C(O)c1cc(S(=O)(=O)N2CCn3ccnc3C2)c(Br)s1. The molecule has 0 bridgehead atoms. The molecule has 3 rings (SSSR count). The van der Waals surface area contributed by atoms with Crippen molar-refractivity contribution in [3.63, 3.8) is 0 Å². The first kappa shape index (κ1) is 14.7. The normalized spacial score (nSPS) is 15.9. The van der Waals surface area contributed by atoms with Crippen molar-refractivity contribution in [1.29, 1.82) is 0 Å². The van der Waals surface area contributed by atoms with Gasteiger partial charge in [0.25, 0.3) is 0 Å². The minimum Gasteiger partial charge on any atom is -0.477 e. The van der Waals surface area contributed by atoms with Gasteiger partial charge in [-0.3, -0.25) is 0 Å². The lowest BCUT2D eigenvalue weighted by atomic mass is 10.4. The number of sulfonamides is 1. The van der Waals surface area contributed by atoms with Crippen molar-refractivity contribution in [3.05, 3.63) is 32.9 Å². The average Bonchev–Trinajstić information content (AvgIpc) is 3.03. The van der Waals surface area contributed by atoms with E-state index in [1.165, 1.54) is 10.4 Å². The molecular weight excluding hydrogens is 382 g/mol. The van der Waals surface area contributed by atoms with Gasteiger partial charge in [-0.25, -0.2) is 18.2 Å². The highest BCUT2D eigenvalue weighted by atomic mass is 79.9. The second-order valence-electron chi connectivity index (χ2n) is 4.43. The summed E-state index contributed by atoms with van der Waals surface area (Å²) in [6.07, 6.45) is 3.44. The van der Waals surface area contributed by atoms with Crippen molar-refractivity contribution in [2.24, 2.45) is 0 Å². The third-order valence-electron chi connectivity index (χ3n) is 3.19. The Balaban J connectivity index is 1.96. The molecule has 3 heterocycles. The Kier molecular flexibility index (Phi) is 3.64. The number of aromatic carboxylic acids is 1. The molecule has 2 aromatic rings. The first-order valence-electron chi connectivity index (χ1n) is 5.92. The lowest BCUT2D eigenvalue weighted by Crippen LogP contribution is -2.38. The molecule has 0 fully saturated rings. The van der Waals surface area contributed by atoms with Crippen LogP contribution in [-0.4, -0.2) is 39.9 Å². The minimum atomic E-state index is -3.75. The zero-order valence-electron chi connectivity index (χ0n) is 10.6. The molecule has 10 heteroatoms. The van der Waals surface area contributed by atoms with E-state index in [4.69, 9.17) is 5.11 Å². The third-order valence-corrected chi connectivity index (χ3v) is 7.28. The molecule has 1 aliphatic rings.